The molecule has 1 aliphatic rings. The maximum atomic E-state index is 13.4. The number of carbonyl (C=O) groups excluding carboxylic acids is 2. The van der Waals surface area contributed by atoms with E-state index in [-0.39, 0.29) is 28.9 Å². The van der Waals surface area contributed by atoms with Crippen molar-refractivity contribution in [3.05, 3.63) is 57.9 Å². The van der Waals surface area contributed by atoms with Gasteiger partial charge in [-0.3, -0.25) is 9.59 Å². The number of benzene rings is 1. The van der Waals surface area contributed by atoms with E-state index < -0.39 is 11.7 Å². The predicted octanol–water partition coefficient (Wildman–Crippen LogP) is 1.57. The molecule has 1 aliphatic heterocycles. The summed E-state index contributed by atoms with van der Waals surface area (Å²) in [7, 11) is 0. The quantitative estimate of drug-likeness (QED) is 0.902. The highest BCUT2D eigenvalue weighted by atomic mass is 35.5. The first-order valence-electron chi connectivity index (χ1n) is 6.84. The van der Waals surface area contributed by atoms with Gasteiger partial charge in [-0.1, -0.05) is 11.6 Å². The molecule has 1 aromatic heterocycles. The molecule has 0 bridgehead atoms. The Hall–Kier alpha value is -2.54. The first kappa shape index (κ1) is 15.4. The number of amides is 2. The first-order chi connectivity index (χ1) is 11.0. The van der Waals surface area contributed by atoms with Crippen LogP contribution in [0.2, 0.25) is 5.02 Å². The first-order valence-corrected chi connectivity index (χ1v) is 7.22. The van der Waals surface area contributed by atoms with Gasteiger partial charge in [0.05, 0.1) is 22.8 Å². The Morgan fingerprint density at radius 2 is 2.13 bits per heavy atom. The van der Waals surface area contributed by atoms with E-state index in [0.717, 1.165) is 11.6 Å². The van der Waals surface area contributed by atoms with Crippen LogP contribution in [0.15, 0.2) is 24.4 Å². The Labute approximate surface area is 136 Å². The monoisotopic (exact) mass is 334 g/mol. The number of primary amides is 1. The summed E-state index contributed by atoms with van der Waals surface area (Å²) in [5.41, 5.74) is 6.67. The van der Waals surface area contributed by atoms with Crippen molar-refractivity contribution in [1.29, 1.82) is 0 Å². The minimum atomic E-state index is -0.732. The zero-order valence-corrected chi connectivity index (χ0v) is 12.7. The van der Waals surface area contributed by atoms with Crippen LogP contribution < -0.4 is 5.73 Å². The van der Waals surface area contributed by atoms with Crippen LogP contribution in [-0.4, -0.2) is 33.2 Å². The van der Waals surface area contributed by atoms with Gasteiger partial charge in [0.15, 0.2) is 0 Å². The van der Waals surface area contributed by atoms with Gasteiger partial charge in [0.25, 0.3) is 11.8 Å². The highest BCUT2D eigenvalue weighted by Gasteiger charge is 2.25. The predicted molar refractivity (Wildman–Crippen MR) is 80.4 cm³/mol. The zero-order valence-electron chi connectivity index (χ0n) is 11.9. The molecule has 0 spiro atoms. The number of hydrogen-bond donors (Lipinski definition) is 1. The normalized spacial score (nSPS) is 13.6. The van der Waals surface area contributed by atoms with Crippen LogP contribution in [0.3, 0.4) is 0 Å². The van der Waals surface area contributed by atoms with Crippen molar-refractivity contribution >= 4 is 23.4 Å². The molecule has 0 aliphatic carbocycles. The fourth-order valence-electron chi connectivity index (χ4n) is 2.43. The molecule has 0 radical (unpaired) electrons. The van der Waals surface area contributed by atoms with Gasteiger partial charge in [-0.05, 0) is 30.2 Å². The smallest absolute Gasteiger partial charge is 0.286 e. The van der Waals surface area contributed by atoms with E-state index in [9.17, 15) is 14.0 Å². The van der Waals surface area contributed by atoms with Crippen molar-refractivity contribution in [3.63, 3.8) is 0 Å². The number of rotatable bonds is 2. The maximum absolute atomic E-state index is 13.4. The van der Waals surface area contributed by atoms with Crippen LogP contribution in [0, 0.1) is 5.82 Å². The number of nitrogens with two attached hydrogens (primary N) is 1. The molecule has 6 nitrogen and oxygen atoms in total. The Balaban J connectivity index is 1.89. The van der Waals surface area contributed by atoms with Crippen LogP contribution in [0.1, 0.15) is 32.2 Å². The maximum Gasteiger partial charge on any atom is 0.286 e. The van der Waals surface area contributed by atoms with Crippen molar-refractivity contribution in [3.8, 4) is 0 Å². The molecule has 2 amide bonds. The lowest BCUT2D eigenvalue weighted by atomic mass is 10.1. The summed E-state index contributed by atoms with van der Waals surface area (Å²) in [4.78, 5) is 33.2. The highest BCUT2D eigenvalue weighted by molar-refractivity contribution is 6.33. The third-order valence-corrected chi connectivity index (χ3v) is 3.94. The lowest BCUT2D eigenvalue weighted by Crippen LogP contribution is -2.37. The van der Waals surface area contributed by atoms with Gasteiger partial charge in [0, 0.05) is 12.7 Å². The molecule has 0 saturated carbocycles. The van der Waals surface area contributed by atoms with Gasteiger partial charge in [-0.2, -0.15) is 0 Å². The van der Waals surface area contributed by atoms with Gasteiger partial charge in [0.1, 0.15) is 5.82 Å². The van der Waals surface area contributed by atoms with E-state index in [4.69, 9.17) is 17.3 Å². The van der Waals surface area contributed by atoms with Gasteiger partial charge in [0.2, 0.25) is 5.82 Å². The lowest BCUT2D eigenvalue weighted by molar-refractivity contribution is 0.0731. The summed E-state index contributed by atoms with van der Waals surface area (Å²) in [6.45, 7) is 0.613. The molecule has 118 valence electrons. The van der Waals surface area contributed by atoms with Crippen LogP contribution in [-0.2, 0) is 13.0 Å². The zero-order chi connectivity index (χ0) is 16.6. The molecule has 3 rings (SSSR count). The summed E-state index contributed by atoms with van der Waals surface area (Å²) < 4.78 is 13.4. The Morgan fingerprint density at radius 1 is 1.35 bits per heavy atom. The Morgan fingerprint density at radius 3 is 2.87 bits per heavy atom. The average Bonchev–Trinajstić information content (AvgIpc) is 2.55. The molecule has 2 aromatic rings. The molecule has 2 N–H and O–H groups in total. The molecule has 0 saturated heterocycles. The van der Waals surface area contributed by atoms with Crippen molar-refractivity contribution in [2.45, 2.75) is 13.0 Å². The second-order valence-corrected chi connectivity index (χ2v) is 5.54. The number of nitrogens with zero attached hydrogens (tertiary/aromatic N) is 3. The summed E-state index contributed by atoms with van der Waals surface area (Å²) in [5, 5.41) is 0.183. The van der Waals surface area contributed by atoms with E-state index in [0.29, 0.717) is 18.7 Å². The van der Waals surface area contributed by atoms with Crippen LogP contribution in [0.25, 0.3) is 0 Å². The molecule has 23 heavy (non-hydrogen) atoms. The summed E-state index contributed by atoms with van der Waals surface area (Å²) >= 11 is 5.98. The second-order valence-electron chi connectivity index (χ2n) is 5.13. The number of fused-ring (bicyclic) bond motifs is 1. The van der Waals surface area contributed by atoms with E-state index in [1.807, 2.05) is 0 Å². The van der Waals surface area contributed by atoms with Crippen LogP contribution in [0.5, 0.6) is 0 Å². The van der Waals surface area contributed by atoms with E-state index in [2.05, 4.69) is 9.97 Å². The van der Waals surface area contributed by atoms with E-state index in [1.54, 1.807) is 6.20 Å². The van der Waals surface area contributed by atoms with Gasteiger partial charge < -0.3 is 10.6 Å². The molecule has 1 aromatic carbocycles. The average molecular weight is 335 g/mol. The van der Waals surface area contributed by atoms with Crippen LogP contribution >= 0.6 is 11.6 Å². The second kappa shape index (κ2) is 5.92. The third kappa shape index (κ3) is 3.00. The molecular weight excluding hydrogens is 323 g/mol. The van der Waals surface area contributed by atoms with Crippen molar-refractivity contribution in [1.82, 2.24) is 14.9 Å². The third-order valence-electron chi connectivity index (χ3n) is 3.61. The van der Waals surface area contributed by atoms with Crippen molar-refractivity contribution in [2.24, 2.45) is 5.73 Å². The van der Waals surface area contributed by atoms with E-state index >= 15 is 0 Å². The molecule has 8 heteroatoms. The standard InChI is InChI=1S/C15H12ClFN4O2/c16-11-2-1-9(17)5-10(11)15(23)21-4-3-8-6-19-14(13(18)22)20-12(8)7-21/h1-2,5-6H,3-4,7H2,(H2,18,22). The molecular formula is C15H12ClFN4O2. The summed E-state index contributed by atoms with van der Waals surface area (Å²) in [6.07, 6.45) is 2.08. The van der Waals surface area contributed by atoms with Crippen molar-refractivity contribution < 1.29 is 14.0 Å². The van der Waals surface area contributed by atoms with Gasteiger partial charge in [-0.15, -0.1) is 0 Å². The minimum Gasteiger partial charge on any atom is -0.363 e. The van der Waals surface area contributed by atoms with Gasteiger partial charge >= 0.3 is 0 Å². The van der Waals surface area contributed by atoms with Crippen LogP contribution in [0.4, 0.5) is 4.39 Å². The number of halogens is 2. The Bertz CT molecular complexity index is 812. The van der Waals surface area contributed by atoms with Gasteiger partial charge in [-0.25, -0.2) is 14.4 Å². The fourth-order valence-corrected chi connectivity index (χ4v) is 2.63. The topological polar surface area (TPSA) is 89.2 Å². The number of hydrogen-bond acceptors (Lipinski definition) is 4. The molecule has 0 unspecified atom stereocenters. The largest absolute Gasteiger partial charge is 0.363 e. The molecule has 0 atom stereocenters. The SMILES string of the molecule is NC(=O)c1ncc2c(n1)CN(C(=O)c1cc(F)ccc1Cl)CC2. The molecule has 0 fully saturated rings. The summed E-state index contributed by atoms with van der Waals surface area (Å²) in [6, 6.07) is 3.64. The number of carbonyl (C=O) groups is 2. The van der Waals surface area contributed by atoms with E-state index in [1.165, 1.54) is 17.0 Å². The number of aromatic nitrogens is 2. The summed E-state index contributed by atoms with van der Waals surface area (Å²) in [5.74, 6) is -1.75. The minimum absolute atomic E-state index is 0.0955. The highest BCUT2D eigenvalue weighted by Crippen LogP contribution is 2.23. The lowest BCUT2D eigenvalue weighted by Gasteiger charge is -2.28. The van der Waals surface area contributed by atoms with Crippen molar-refractivity contribution in [2.75, 3.05) is 6.54 Å². The Kier molecular flexibility index (Phi) is 3.96. The fraction of sp³-hybridized carbons (Fsp3) is 0.200. The molecule has 2 heterocycles.